The Hall–Kier alpha value is -3.22. The predicted molar refractivity (Wildman–Crippen MR) is 119 cm³/mol. The normalized spacial score (nSPS) is 13.1. The molecule has 0 aliphatic heterocycles. The smallest absolute Gasteiger partial charge is 0.258 e. The summed E-state index contributed by atoms with van der Waals surface area (Å²) in [5.41, 5.74) is 1.00. The van der Waals surface area contributed by atoms with Gasteiger partial charge in [0.2, 0.25) is 0 Å². The minimum atomic E-state index is -0.973. The molecular weight excluding hydrogens is 427 g/mol. The van der Waals surface area contributed by atoms with Crippen LogP contribution in [-0.2, 0) is 0 Å². The molecule has 0 fully saturated rings. The molecule has 0 saturated heterocycles. The van der Waals surface area contributed by atoms with E-state index in [2.05, 4.69) is 0 Å². The summed E-state index contributed by atoms with van der Waals surface area (Å²) < 4.78 is 0. The number of alkyl halides is 2. The highest BCUT2D eigenvalue weighted by molar-refractivity contribution is 6.30. The van der Waals surface area contributed by atoms with Gasteiger partial charge in [-0.25, -0.2) is 0 Å². The summed E-state index contributed by atoms with van der Waals surface area (Å²) in [6, 6.07) is 20.4. The van der Waals surface area contributed by atoms with Gasteiger partial charge in [0.05, 0.1) is 37.8 Å². The first-order valence-electron chi connectivity index (χ1n) is 8.91. The van der Waals surface area contributed by atoms with Gasteiger partial charge < -0.3 is 0 Å². The Balaban J connectivity index is 2.10. The molecule has 0 bridgehead atoms. The van der Waals surface area contributed by atoms with Gasteiger partial charge in [-0.2, -0.15) is 0 Å². The van der Waals surface area contributed by atoms with Crippen LogP contribution in [0.2, 0.25) is 0 Å². The molecule has 0 radical (unpaired) electrons. The molecule has 0 unspecified atom stereocenters. The predicted octanol–water partition coefficient (Wildman–Crippen LogP) is 6.93. The van der Waals surface area contributed by atoms with Crippen molar-refractivity contribution in [1.29, 1.82) is 0 Å². The first-order valence-corrected chi connectivity index (χ1v) is 9.78. The van der Waals surface area contributed by atoms with Gasteiger partial charge in [-0.15, -0.1) is 23.2 Å². The molecule has 0 N–H and O–H groups in total. The highest BCUT2D eigenvalue weighted by Gasteiger charge is 2.31. The van der Waals surface area contributed by atoms with Crippen molar-refractivity contribution in [2.75, 3.05) is 0 Å². The molecular formula is C22H16Cl2N2O4. The molecule has 30 heavy (non-hydrogen) atoms. The zero-order valence-corrected chi connectivity index (χ0v) is 17.0. The first-order chi connectivity index (χ1) is 14.4. The van der Waals surface area contributed by atoms with E-state index in [1.165, 1.54) is 12.1 Å². The van der Waals surface area contributed by atoms with E-state index in [9.17, 15) is 20.2 Å². The van der Waals surface area contributed by atoms with Gasteiger partial charge in [-0.05, 0) is 23.3 Å². The van der Waals surface area contributed by atoms with Crippen LogP contribution in [0, 0.1) is 20.2 Å². The molecule has 3 rings (SSSR count). The van der Waals surface area contributed by atoms with Crippen LogP contribution in [0.25, 0.3) is 12.2 Å². The van der Waals surface area contributed by atoms with Gasteiger partial charge >= 0.3 is 0 Å². The van der Waals surface area contributed by atoms with Crippen molar-refractivity contribution in [2.24, 2.45) is 0 Å². The molecule has 0 aliphatic carbocycles. The van der Waals surface area contributed by atoms with Crippen LogP contribution < -0.4 is 0 Å². The fraction of sp³-hybridized carbons (Fsp3) is 0.0909. The summed E-state index contributed by atoms with van der Waals surface area (Å²) in [4.78, 5) is 21.8. The zero-order valence-electron chi connectivity index (χ0n) is 15.5. The lowest BCUT2D eigenvalue weighted by Gasteiger charge is -2.17. The number of nitro benzene ring substituents is 2. The Morgan fingerprint density at radius 2 is 1.30 bits per heavy atom. The Morgan fingerprint density at radius 1 is 0.733 bits per heavy atom. The monoisotopic (exact) mass is 442 g/mol. The highest BCUT2D eigenvalue weighted by Crippen LogP contribution is 2.44. The van der Waals surface area contributed by atoms with Crippen LogP contribution in [0.15, 0.2) is 72.8 Å². The minimum Gasteiger partial charge on any atom is -0.258 e. The molecule has 0 heterocycles. The summed E-state index contributed by atoms with van der Waals surface area (Å²) in [7, 11) is 0. The van der Waals surface area contributed by atoms with Crippen LogP contribution in [0.1, 0.15) is 33.0 Å². The van der Waals surface area contributed by atoms with Crippen LogP contribution >= 0.6 is 23.2 Å². The molecule has 3 aromatic rings. The topological polar surface area (TPSA) is 86.3 Å². The summed E-state index contributed by atoms with van der Waals surface area (Å²) in [6.45, 7) is 0. The van der Waals surface area contributed by atoms with Crippen LogP contribution in [0.5, 0.6) is 0 Å². The van der Waals surface area contributed by atoms with E-state index in [4.69, 9.17) is 23.2 Å². The Labute approximate surface area is 182 Å². The molecule has 2 atom stereocenters. The van der Waals surface area contributed by atoms with E-state index in [1.807, 2.05) is 36.4 Å². The van der Waals surface area contributed by atoms with Gasteiger partial charge in [0.15, 0.2) is 0 Å². The van der Waals surface area contributed by atoms with E-state index in [0.717, 1.165) is 11.6 Å². The largest absolute Gasteiger partial charge is 0.283 e. The number of rotatable bonds is 7. The SMILES string of the molecule is O=[N+]([O-])c1cc([N+](=O)[O-])c([C@@H](Cl)[C@@H](Cl)c2ccccc2)cc1/C=C\c1ccccc1. The molecule has 0 saturated carbocycles. The molecule has 0 spiro atoms. The van der Waals surface area contributed by atoms with Crippen molar-refractivity contribution in [3.8, 4) is 0 Å². The lowest BCUT2D eigenvalue weighted by atomic mass is 9.98. The molecule has 152 valence electrons. The number of nitrogens with zero attached hydrogens (tertiary/aromatic N) is 2. The quantitative estimate of drug-likeness (QED) is 0.171. The first kappa shape index (κ1) is 21.5. The van der Waals surface area contributed by atoms with Crippen molar-refractivity contribution >= 4 is 46.7 Å². The number of hydrogen-bond acceptors (Lipinski definition) is 4. The highest BCUT2D eigenvalue weighted by atomic mass is 35.5. The van der Waals surface area contributed by atoms with Gasteiger partial charge in [0, 0.05) is 0 Å². The maximum atomic E-state index is 11.6. The van der Waals surface area contributed by atoms with Crippen LogP contribution in [-0.4, -0.2) is 9.85 Å². The summed E-state index contributed by atoms with van der Waals surface area (Å²) in [5, 5.41) is 21.4. The molecule has 0 amide bonds. The number of hydrogen-bond donors (Lipinski definition) is 0. The Morgan fingerprint density at radius 3 is 1.87 bits per heavy atom. The Kier molecular flexibility index (Phi) is 6.82. The maximum Gasteiger partial charge on any atom is 0.283 e. The standard InChI is InChI=1S/C22H16Cl2N2O4/c23-21(16-9-5-2-6-10-16)22(24)18-13-17(12-11-15-7-3-1-4-8-15)19(25(27)28)14-20(18)26(29)30/h1-14,21-22H/b12-11-/t21-,22+/m0/s1. The summed E-state index contributed by atoms with van der Waals surface area (Å²) in [6.07, 6.45) is 3.23. The van der Waals surface area contributed by atoms with E-state index >= 15 is 0 Å². The third-order valence-electron chi connectivity index (χ3n) is 4.50. The van der Waals surface area contributed by atoms with Crippen molar-refractivity contribution in [3.05, 3.63) is 115 Å². The lowest BCUT2D eigenvalue weighted by molar-refractivity contribution is -0.394. The second-order valence-corrected chi connectivity index (χ2v) is 7.38. The molecule has 0 aromatic heterocycles. The van der Waals surface area contributed by atoms with Gasteiger partial charge in [0.25, 0.3) is 11.4 Å². The average molecular weight is 443 g/mol. The van der Waals surface area contributed by atoms with Gasteiger partial charge in [-0.1, -0.05) is 66.7 Å². The lowest BCUT2D eigenvalue weighted by Crippen LogP contribution is -2.06. The van der Waals surface area contributed by atoms with Crippen molar-refractivity contribution in [3.63, 3.8) is 0 Å². The summed E-state index contributed by atoms with van der Waals surface area (Å²) >= 11 is 13.0. The van der Waals surface area contributed by atoms with E-state index in [-0.39, 0.29) is 16.8 Å². The van der Waals surface area contributed by atoms with E-state index in [1.54, 1.807) is 30.3 Å². The fourth-order valence-corrected chi connectivity index (χ4v) is 3.60. The number of benzene rings is 3. The molecule has 6 nitrogen and oxygen atoms in total. The molecule has 3 aromatic carbocycles. The number of halogens is 2. The minimum absolute atomic E-state index is 0.115. The molecule has 0 aliphatic rings. The van der Waals surface area contributed by atoms with E-state index < -0.39 is 26.3 Å². The second kappa shape index (κ2) is 9.52. The number of nitro groups is 2. The summed E-state index contributed by atoms with van der Waals surface area (Å²) in [5.74, 6) is 0. The Bertz CT molecular complexity index is 1090. The zero-order chi connectivity index (χ0) is 21.7. The van der Waals surface area contributed by atoms with Crippen molar-refractivity contribution < 1.29 is 9.85 Å². The van der Waals surface area contributed by atoms with Crippen molar-refractivity contribution in [1.82, 2.24) is 0 Å². The van der Waals surface area contributed by atoms with Gasteiger partial charge in [-0.3, -0.25) is 20.2 Å². The third kappa shape index (κ3) is 4.84. The van der Waals surface area contributed by atoms with Crippen molar-refractivity contribution in [2.45, 2.75) is 10.8 Å². The third-order valence-corrected chi connectivity index (χ3v) is 5.62. The maximum absolute atomic E-state index is 11.6. The average Bonchev–Trinajstić information content (AvgIpc) is 2.77. The second-order valence-electron chi connectivity index (χ2n) is 6.44. The van der Waals surface area contributed by atoms with Crippen LogP contribution in [0.3, 0.4) is 0 Å². The fourth-order valence-electron chi connectivity index (χ4n) is 3.00. The van der Waals surface area contributed by atoms with Crippen LogP contribution in [0.4, 0.5) is 11.4 Å². The molecule has 8 heteroatoms. The van der Waals surface area contributed by atoms with E-state index in [0.29, 0.717) is 5.56 Å². The van der Waals surface area contributed by atoms with Gasteiger partial charge in [0.1, 0.15) is 0 Å².